The zero-order valence-electron chi connectivity index (χ0n) is 14.5. The minimum atomic E-state index is -1.84. The second kappa shape index (κ2) is 7.01. The molecule has 0 aliphatic carbocycles. The topological polar surface area (TPSA) is 75.6 Å². The van der Waals surface area contributed by atoms with Crippen molar-refractivity contribution in [2.75, 3.05) is 24.8 Å². The monoisotopic (exact) mass is 359 g/mol. The van der Waals surface area contributed by atoms with Gasteiger partial charge in [-0.15, -0.1) is 0 Å². The highest BCUT2D eigenvalue weighted by Gasteiger charge is 2.54. The van der Waals surface area contributed by atoms with Crippen molar-refractivity contribution in [2.24, 2.45) is 0 Å². The highest BCUT2D eigenvalue weighted by molar-refractivity contribution is 7.98. The van der Waals surface area contributed by atoms with Gasteiger partial charge in [-0.05, 0) is 18.2 Å². The molecule has 0 fully saturated rings. The largest absolute Gasteiger partial charge is 0.481 e. The maximum atomic E-state index is 13.2. The van der Waals surface area contributed by atoms with Gasteiger partial charge in [-0.2, -0.15) is 4.98 Å². The van der Waals surface area contributed by atoms with E-state index in [0.29, 0.717) is 28.6 Å². The van der Waals surface area contributed by atoms with E-state index < -0.39 is 11.5 Å². The predicted molar refractivity (Wildman–Crippen MR) is 97.1 cm³/mol. The Morgan fingerprint density at radius 1 is 1.28 bits per heavy atom. The van der Waals surface area contributed by atoms with Gasteiger partial charge in [0.25, 0.3) is 5.91 Å². The minimum Gasteiger partial charge on any atom is -0.481 e. The first kappa shape index (κ1) is 17.7. The number of amides is 1. The quantitative estimate of drug-likeness (QED) is 0.631. The summed E-state index contributed by atoms with van der Waals surface area (Å²) in [5.41, 5.74) is -1.04. The number of rotatable bonds is 6. The zero-order valence-corrected chi connectivity index (χ0v) is 15.3. The standard InChI is InChI=1S/C18H21N3O3S/c1-4-5-11-21-14-13(15(24-2)20-17(19-14)25-3)18(23,16(21)22)12-9-7-6-8-10-12/h6-10,23H,4-5,11H2,1-3H3. The van der Waals surface area contributed by atoms with Crippen molar-refractivity contribution in [1.82, 2.24) is 9.97 Å². The summed E-state index contributed by atoms with van der Waals surface area (Å²) in [7, 11) is 1.48. The van der Waals surface area contributed by atoms with Crippen molar-refractivity contribution in [3.05, 3.63) is 41.5 Å². The summed E-state index contributed by atoms with van der Waals surface area (Å²) >= 11 is 1.37. The molecule has 7 heteroatoms. The van der Waals surface area contributed by atoms with Crippen LogP contribution in [0.5, 0.6) is 5.88 Å². The molecule has 1 atom stereocenters. The van der Waals surface area contributed by atoms with Gasteiger partial charge in [0.05, 0.1) is 7.11 Å². The number of hydrogen-bond donors (Lipinski definition) is 1. The van der Waals surface area contributed by atoms with Crippen LogP contribution in [-0.4, -0.2) is 40.9 Å². The van der Waals surface area contributed by atoms with E-state index in [0.717, 1.165) is 12.8 Å². The number of unbranched alkanes of at least 4 members (excludes halogenated alkanes) is 1. The number of ether oxygens (including phenoxy) is 1. The molecule has 2 aromatic rings. The van der Waals surface area contributed by atoms with Gasteiger partial charge >= 0.3 is 0 Å². The third kappa shape index (κ3) is 2.77. The van der Waals surface area contributed by atoms with Crippen LogP contribution in [0.25, 0.3) is 0 Å². The molecule has 1 aliphatic rings. The van der Waals surface area contributed by atoms with Crippen LogP contribution in [0.15, 0.2) is 35.5 Å². The second-order valence-corrected chi connectivity index (χ2v) is 6.58. The van der Waals surface area contributed by atoms with Crippen molar-refractivity contribution in [3.8, 4) is 5.88 Å². The second-order valence-electron chi connectivity index (χ2n) is 5.80. The molecule has 6 nitrogen and oxygen atoms in total. The van der Waals surface area contributed by atoms with Crippen LogP contribution >= 0.6 is 11.8 Å². The molecule has 3 rings (SSSR count). The van der Waals surface area contributed by atoms with Crippen LogP contribution in [-0.2, 0) is 10.4 Å². The number of methoxy groups -OCH3 is 1. The number of benzene rings is 1. The third-order valence-corrected chi connectivity index (χ3v) is 4.86. The zero-order chi connectivity index (χ0) is 18.0. The van der Waals surface area contributed by atoms with E-state index in [9.17, 15) is 9.90 Å². The van der Waals surface area contributed by atoms with Crippen LogP contribution < -0.4 is 9.64 Å². The molecule has 132 valence electrons. The Balaban J connectivity index is 2.25. The molecule has 1 amide bonds. The average Bonchev–Trinajstić information content (AvgIpc) is 2.88. The Labute approximate surface area is 151 Å². The van der Waals surface area contributed by atoms with E-state index in [-0.39, 0.29) is 5.88 Å². The first-order chi connectivity index (χ1) is 12.1. The molecule has 1 aromatic carbocycles. The molecule has 1 unspecified atom stereocenters. The number of carbonyl (C=O) groups is 1. The van der Waals surface area contributed by atoms with Gasteiger partial charge in [0.15, 0.2) is 11.0 Å². The summed E-state index contributed by atoms with van der Waals surface area (Å²) in [6.07, 6.45) is 3.61. The van der Waals surface area contributed by atoms with Gasteiger partial charge in [-0.3, -0.25) is 9.69 Å². The molecule has 1 aliphatic heterocycles. The van der Waals surface area contributed by atoms with E-state index in [1.54, 1.807) is 29.2 Å². The van der Waals surface area contributed by atoms with Crippen LogP contribution in [0, 0.1) is 0 Å². The van der Waals surface area contributed by atoms with Gasteiger partial charge in [0.1, 0.15) is 5.56 Å². The Kier molecular flexibility index (Phi) is 4.96. The average molecular weight is 359 g/mol. The number of thioether (sulfide) groups is 1. The minimum absolute atomic E-state index is 0.230. The summed E-state index contributed by atoms with van der Waals surface area (Å²) in [5, 5.41) is 12.0. The normalized spacial score (nSPS) is 19.2. The smallest absolute Gasteiger partial charge is 0.269 e. The Hall–Kier alpha value is -2.12. The molecule has 2 heterocycles. The van der Waals surface area contributed by atoms with Crippen LogP contribution in [0.4, 0.5) is 5.82 Å². The number of aromatic nitrogens is 2. The molecule has 0 spiro atoms. The molecule has 1 aromatic heterocycles. The lowest BCUT2D eigenvalue weighted by molar-refractivity contribution is -0.132. The number of carbonyl (C=O) groups excluding carboxylic acids is 1. The number of hydrogen-bond acceptors (Lipinski definition) is 6. The fraction of sp³-hybridized carbons (Fsp3) is 0.389. The van der Waals surface area contributed by atoms with Crippen LogP contribution in [0.2, 0.25) is 0 Å². The van der Waals surface area contributed by atoms with Gasteiger partial charge in [-0.1, -0.05) is 55.4 Å². The van der Waals surface area contributed by atoms with Crippen LogP contribution in [0.1, 0.15) is 30.9 Å². The van der Waals surface area contributed by atoms with Crippen molar-refractivity contribution < 1.29 is 14.6 Å². The molecule has 0 saturated carbocycles. The SMILES string of the molecule is CCCCN1C(=O)C(O)(c2ccccc2)c2c(OC)nc(SC)nc21. The number of aliphatic hydroxyl groups is 1. The van der Waals surface area contributed by atoms with E-state index in [1.807, 2.05) is 12.3 Å². The fourth-order valence-corrected chi connectivity index (χ4v) is 3.38. The fourth-order valence-electron chi connectivity index (χ4n) is 3.03. The molecule has 25 heavy (non-hydrogen) atoms. The lowest BCUT2D eigenvalue weighted by atomic mass is 9.88. The highest BCUT2D eigenvalue weighted by atomic mass is 32.2. The van der Waals surface area contributed by atoms with Gasteiger partial charge in [0.2, 0.25) is 11.5 Å². The van der Waals surface area contributed by atoms with Crippen molar-refractivity contribution in [1.29, 1.82) is 0 Å². The lowest BCUT2D eigenvalue weighted by Gasteiger charge is -2.23. The Bertz CT molecular complexity index is 785. The Morgan fingerprint density at radius 3 is 2.60 bits per heavy atom. The summed E-state index contributed by atoms with van der Waals surface area (Å²) < 4.78 is 5.41. The molecule has 1 N–H and O–H groups in total. The Morgan fingerprint density at radius 2 is 2.00 bits per heavy atom. The summed E-state index contributed by atoms with van der Waals surface area (Å²) in [6, 6.07) is 8.88. The summed E-state index contributed by atoms with van der Waals surface area (Å²) in [4.78, 5) is 23.6. The number of nitrogens with zero attached hydrogens (tertiary/aromatic N) is 3. The third-order valence-electron chi connectivity index (χ3n) is 4.31. The molecular formula is C18H21N3O3S. The van der Waals surface area contributed by atoms with E-state index >= 15 is 0 Å². The summed E-state index contributed by atoms with van der Waals surface area (Å²) in [5.74, 6) is 0.252. The number of anilines is 1. The molecule has 0 bridgehead atoms. The van der Waals surface area contributed by atoms with Crippen molar-refractivity contribution >= 4 is 23.5 Å². The maximum Gasteiger partial charge on any atom is 0.269 e. The molecule has 0 saturated heterocycles. The highest BCUT2D eigenvalue weighted by Crippen LogP contribution is 2.47. The van der Waals surface area contributed by atoms with E-state index in [1.165, 1.54) is 18.9 Å². The van der Waals surface area contributed by atoms with Gasteiger partial charge in [-0.25, -0.2) is 4.98 Å². The van der Waals surface area contributed by atoms with Crippen LogP contribution in [0.3, 0.4) is 0 Å². The first-order valence-electron chi connectivity index (χ1n) is 8.18. The maximum absolute atomic E-state index is 13.2. The molecule has 0 radical (unpaired) electrons. The van der Waals surface area contributed by atoms with E-state index in [2.05, 4.69) is 16.9 Å². The van der Waals surface area contributed by atoms with Gasteiger partial charge < -0.3 is 9.84 Å². The molecular weight excluding hydrogens is 338 g/mol. The van der Waals surface area contributed by atoms with Gasteiger partial charge in [0, 0.05) is 6.54 Å². The predicted octanol–water partition coefficient (Wildman–Crippen LogP) is 2.59. The first-order valence-corrected chi connectivity index (χ1v) is 9.40. The summed E-state index contributed by atoms with van der Waals surface area (Å²) in [6.45, 7) is 2.55. The lowest BCUT2D eigenvalue weighted by Crippen LogP contribution is -2.41. The van der Waals surface area contributed by atoms with Crippen molar-refractivity contribution in [3.63, 3.8) is 0 Å². The van der Waals surface area contributed by atoms with E-state index in [4.69, 9.17) is 4.74 Å². The number of fused-ring (bicyclic) bond motifs is 1. The van der Waals surface area contributed by atoms with Crippen molar-refractivity contribution in [2.45, 2.75) is 30.5 Å².